The molecule has 0 saturated carbocycles. The first-order valence-corrected chi connectivity index (χ1v) is 35.5. The van der Waals surface area contributed by atoms with E-state index in [9.17, 15) is 61.0 Å². The molecular weight excluding hydrogens is 1150 g/mol. The molecule has 3 aliphatic rings. The summed E-state index contributed by atoms with van der Waals surface area (Å²) in [6.45, 7) is 1.64. The molecule has 0 aromatic rings. The first kappa shape index (κ1) is 81.7. The van der Waals surface area contributed by atoms with Gasteiger partial charge in [-0.15, -0.1) is 0 Å². The number of carbonyl (C=O) groups excluding carboxylic acids is 1. The number of unbranched alkanes of at least 4 members (excludes halogenated alkanes) is 30. The molecule has 0 bridgehead atoms. The van der Waals surface area contributed by atoms with Crippen LogP contribution in [0.4, 0.5) is 0 Å². The van der Waals surface area contributed by atoms with Crippen LogP contribution in [0.15, 0.2) is 60.8 Å². The second-order valence-electron chi connectivity index (χ2n) is 25.3. The van der Waals surface area contributed by atoms with Gasteiger partial charge in [-0.2, -0.15) is 0 Å². The van der Waals surface area contributed by atoms with Crippen molar-refractivity contribution in [3.63, 3.8) is 0 Å². The third-order valence-electron chi connectivity index (χ3n) is 17.6. The van der Waals surface area contributed by atoms with Gasteiger partial charge in [-0.05, 0) is 57.8 Å². The maximum absolute atomic E-state index is 13.4. The molecule has 0 spiro atoms. The molecule has 524 valence electrons. The molecule has 90 heavy (non-hydrogen) atoms. The van der Waals surface area contributed by atoms with Crippen LogP contribution < -0.4 is 5.32 Å². The van der Waals surface area contributed by atoms with E-state index < -0.39 is 124 Å². The fourth-order valence-corrected chi connectivity index (χ4v) is 11.8. The molecule has 0 aromatic heterocycles. The standard InChI is InChI=1S/C71H127NO18/c1-3-5-7-9-11-13-15-17-19-21-23-25-27-29-31-33-35-37-39-41-43-45-47-49-59(77)72-54(55(76)48-46-44-42-40-38-36-34-32-30-28-26-24-22-20-18-16-14-12-10-8-6-4-2)53-85-69-65(83)62(80)67(57(51-74)87-69)90-71-66(84)63(81)68(58(52-75)88-71)89-70-64(82)61(79)60(78)56(50-73)86-70/h5,7,11,13,17,19,23,25,46,48,54-58,60-71,73-76,78-84H,3-4,6,8-10,12,14-16,18,20-22,24,26-45,47,49-53H2,1-2H3,(H,72,77)/b7-5-,13-11-,19-17-,25-23-,48-46+. The summed E-state index contributed by atoms with van der Waals surface area (Å²) in [7, 11) is 0. The van der Waals surface area contributed by atoms with Gasteiger partial charge < -0.3 is 89.9 Å². The van der Waals surface area contributed by atoms with Crippen LogP contribution in [0.1, 0.15) is 251 Å². The minimum atomic E-state index is -1.98. The minimum Gasteiger partial charge on any atom is -0.394 e. The van der Waals surface area contributed by atoms with Crippen molar-refractivity contribution < 1.29 is 89.4 Å². The topological polar surface area (TPSA) is 307 Å². The Morgan fingerprint density at radius 3 is 1.20 bits per heavy atom. The van der Waals surface area contributed by atoms with E-state index in [0.717, 1.165) is 83.5 Å². The lowest BCUT2D eigenvalue weighted by Crippen LogP contribution is -2.66. The third-order valence-corrected chi connectivity index (χ3v) is 17.6. The smallest absolute Gasteiger partial charge is 0.220 e. The zero-order valence-corrected chi connectivity index (χ0v) is 55.4. The van der Waals surface area contributed by atoms with Gasteiger partial charge in [-0.3, -0.25) is 4.79 Å². The monoisotopic (exact) mass is 1280 g/mol. The molecule has 0 aromatic carbocycles. The molecule has 17 atom stereocenters. The van der Waals surface area contributed by atoms with Crippen molar-refractivity contribution in [3.05, 3.63) is 60.8 Å². The molecule has 0 radical (unpaired) electrons. The Balaban J connectivity index is 1.44. The third kappa shape index (κ3) is 34.2. The van der Waals surface area contributed by atoms with Crippen LogP contribution in [-0.4, -0.2) is 193 Å². The Hall–Kier alpha value is -2.51. The largest absolute Gasteiger partial charge is 0.394 e. The van der Waals surface area contributed by atoms with E-state index in [0.29, 0.717) is 6.42 Å². The lowest BCUT2D eigenvalue weighted by Gasteiger charge is -2.48. The fraction of sp³-hybridized carbons (Fsp3) is 0.845. The predicted octanol–water partition coefficient (Wildman–Crippen LogP) is 9.55. The number of aliphatic hydroxyl groups is 11. The molecule has 3 fully saturated rings. The summed E-state index contributed by atoms with van der Waals surface area (Å²) >= 11 is 0. The Labute approximate surface area is 541 Å². The van der Waals surface area contributed by atoms with E-state index in [1.807, 2.05) is 6.08 Å². The number of ether oxygens (including phenoxy) is 6. The Morgan fingerprint density at radius 1 is 0.411 bits per heavy atom. The van der Waals surface area contributed by atoms with Crippen LogP contribution >= 0.6 is 0 Å². The fourth-order valence-electron chi connectivity index (χ4n) is 11.8. The van der Waals surface area contributed by atoms with Crippen molar-refractivity contribution in [3.8, 4) is 0 Å². The van der Waals surface area contributed by atoms with E-state index in [-0.39, 0.29) is 18.9 Å². The van der Waals surface area contributed by atoms with E-state index in [4.69, 9.17) is 28.4 Å². The van der Waals surface area contributed by atoms with Gasteiger partial charge >= 0.3 is 0 Å². The number of hydrogen-bond donors (Lipinski definition) is 12. The number of aliphatic hydroxyl groups excluding tert-OH is 11. The van der Waals surface area contributed by atoms with Crippen molar-refractivity contribution in [2.45, 2.75) is 356 Å². The summed E-state index contributed by atoms with van der Waals surface area (Å²) in [4.78, 5) is 13.4. The van der Waals surface area contributed by atoms with Gasteiger partial charge in [0.1, 0.15) is 73.2 Å². The quantitative estimate of drug-likeness (QED) is 0.0199. The van der Waals surface area contributed by atoms with Crippen LogP contribution in [0.2, 0.25) is 0 Å². The molecular formula is C71H127NO18. The van der Waals surface area contributed by atoms with Crippen molar-refractivity contribution in [1.82, 2.24) is 5.32 Å². The Morgan fingerprint density at radius 2 is 0.767 bits per heavy atom. The van der Waals surface area contributed by atoms with Crippen LogP contribution in [0.3, 0.4) is 0 Å². The average molecular weight is 1280 g/mol. The number of rotatable bonds is 54. The number of carbonyl (C=O) groups is 1. The summed E-state index contributed by atoms with van der Waals surface area (Å²) in [5, 5.41) is 121. The lowest BCUT2D eigenvalue weighted by atomic mass is 9.96. The molecule has 3 rings (SSSR count). The SMILES string of the molecule is CC/C=C\C/C=C\C/C=C\C/C=C\CCCCCCCCCCCCC(=O)NC(COC1OC(CO)C(OC2OC(CO)C(OC3OC(CO)C(O)C(O)C3O)C(O)C2O)C(O)C1O)C(O)/C=C/CCCCCCCCCCCCCCCCCCCCCC. The van der Waals surface area contributed by atoms with Gasteiger partial charge in [0.25, 0.3) is 0 Å². The average Bonchev–Trinajstić information content (AvgIpc) is 0.865. The van der Waals surface area contributed by atoms with E-state index >= 15 is 0 Å². The van der Waals surface area contributed by atoms with Crippen LogP contribution in [-0.2, 0) is 33.2 Å². The first-order valence-electron chi connectivity index (χ1n) is 35.5. The summed E-state index contributed by atoms with van der Waals surface area (Å²) in [5.74, 6) is -0.280. The highest BCUT2D eigenvalue weighted by Crippen LogP contribution is 2.33. The summed E-state index contributed by atoms with van der Waals surface area (Å²) in [6, 6.07) is -0.979. The molecule has 0 aliphatic carbocycles. The molecule has 19 nitrogen and oxygen atoms in total. The normalized spacial score (nSPS) is 28.4. The van der Waals surface area contributed by atoms with Crippen LogP contribution in [0.25, 0.3) is 0 Å². The first-order chi connectivity index (χ1) is 43.8. The highest BCUT2D eigenvalue weighted by Gasteiger charge is 2.53. The van der Waals surface area contributed by atoms with Crippen LogP contribution in [0.5, 0.6) is 0 Å². The summed E-state index contributed by atoms with van der Waals surface area (Å²) < 4.78 is 34.4. The summed E-state index contributed by atoms with van der Waals surface area (Å²) in [6.07, 6.45) is 37.6. The Kier molecular flexibility index (Phi) is 47.9. The number of nitrogens with one attached hydrogen (secondary N) is 1. The highest BCUT2D eigenvalue weighted by molar-refractivity contribution is 5.76. The van der Waals surface area contributed by atoms with E-state index in [2.05, 4.69) is 67.8 Å². The van der Waals surface area contributed by atoms with Crippen molar-refractivity contribution in [2.75, 3.05) is 26.4 Å². The lowest BCUT2D eigenvalue weighted by molar-refractivity contribution is -0.379. The zero-order chi connectivity index (χ0) is 65.4. The van der Waals surface area contributed by atoms with E-state index in [1.54, 1.807) is 6.08 Å². The van der Waals surface area contributed by atoms with E-state index in [1.165, 1.54) is 141 Å². The van der Waals surface area contributed by atoms with Gasteiger partial charge in [-0.25, -0.2) is 0 Å². The van der Waals surface area contributed by atoms with Crippen molar-refractivity contribution >= 4 is 5.91 Å². The summed E-state index contributed by atoms with van der Waals surface area (Å²) in [5.41, 5.74) is 0. The van der Waals surface area contributed by atoms with Gasteiger partial charge in [0, 0.05) is 6.42 Å². The number of amides is 1. The van der Waals surface area contributed by atoms with Gasteiger partial charge in [0.05, 0.1) is 38.6 Å². The van der Waals surface area contributed by atoms with Gasteiger partial charge in [-0.1, -0.05) is 248 Å². The predicted molar refractivity (Wildman–Crippen MR) is 351 cm³/mol. The maximum atomic E-state index is 13.4. The second-order valence-corrected chi connectivity index (χ2v) is 25.3. The molecule has 1 amide bonds. The number of hydrogen-bond acceptors (Lipinski definition) is 18. The van der Waals surface area contributed by atoms with Crippen LogP contribution in [0, 0.1) is 0 Å². The molecule has 17 unspecified atom stereocenters. The van der Waals surface area contributed by atoms with Crippen molar-refractivity contribution in [2.24, 2.45) is 0 Å². The van der Waals surface area contributed by atoms with Crippen molar-refractivity contribution in [1.29, 1.82) is 0 Å². The molecule has 19 heteroatoms. The zero-order valence-electron chi connectivity index (χ0n) is 55.4. The molecule has 12 N–H and O–H groups in total. The maximum Gasteiger partial charge on any atom is 0.220 e. The van der Waals surface area contributed by atoms with Gasteiger partial charge in [0.15, 0.2) is 18.9 Å². The van der Waals surface area contributed by atoms with Gasteiger partial charge in [0.2, 0.25) is 5.91 Å². The molecule has 3 heterocycles. The second kappa shape index (κ2) is 52.7. The Bertz CT molecular complexity index is 1870. The molecule has 3 saturated heterocycles. The number of allylic oxidation sites excluding steroid dienone is 9. The molecule has 3 aliphatic heterocycles. The minimum absolute atomic E-state index is 0.236. The highest BCUT2D eigenvalue weighted by atomic mass is 16.8.